The van der Waals surface area contributed by atoms with Crippen molar-refractivity contribution in [3.05, 3.63) is 29.8 Å². The Morgan fingerprint density at radius 3 is 2.52 bits per heavy atom. The zero-order chi connectivity index (χ0) is 20.1. The second kappa shape index (κ2) is 8.85. The van der Waals surface area contributed by atoms with Gasteiger partial charge in [-0.05, 0) is 30.7 Å². The minimum Gasteiger partial charge on any atom is -0.504 e. The zero-order valence-electron chi connectivity index (χ0n) is 15.1. The number of phenolic OH excluding ortho intramolecular Hbond substituents is 1. The van der Waals surface area contributed by atoms with E-state index in [4.69, 9.17) is 18.9 Å². The summed E-state index contributed by atoms with van der Waals surface area (Å²) in [7, 11) is 1.40. The van der Waals surface area contributed by atoms with Crippen molar-refractivity contribution in [2.24, 2.45) is 0 Å². The van der Waals surface area contributed by atoms with Gasteiger partial charge in [0.05, 0.1) is 13.2 Å². The Bertz CT molecular complexity index is 715. The molecule has 9 heteroatoms. The number of ether oxygens (including phenoxy) is 4. The maximum absolute atomic E-state index is 12.1. The molecule has 1 saturated heterocycles. The maximum Gasteiger partial charge on any atom is 0.331 e. The van der Waals surface area contributed by atoms with Crippen molar-refractivity contribution in [2.45, 2.75) is 44.6 Å². The van der Waals surface area contributed by atoms with Crippen molar-refractivity contribution in [1.82, 2.24) is 0 Å². The standard InChI is InChI=1S/C18H22O9/c1-9-16(17(26-10(2)19)15(22)18(23)25-9)27-14(21)7-5-11-4-6-12(20)13(8-11)24-3/h4-9,15-18,20,22-23H,1-3H3/b7-5+/t9-,15+,16-,17-,18+/m0/s1. The summed E-state index contributed by atoms with van der Waals surface area (Å²) in [6, 6.07) is 4.50. The fraction of sp³-hybridized carbons (Fsp3) is 0.444. The van der Waals surface area contributed by atoms with Crippen LogP contribution in [0, 0.1) is 0 Å². The van der Waals surface area contributed by atoms with Crippen molar-refractivity contribution in [3.63, 3.8) is 0 Å². The molecular formula is C18H22O9. The third kappa shape index (κ3) is 5.19. The van der Waals surface area contributed by atoms with Crippen LogP contribution in [0.2, 0.25) is 0 Å². The molecule has 5 atom stereocenters. The van der Waals surface area contributed by atoms with Crippen LogP contribution in [0.5, 0.6) is 11.5 Å². The van der Waals surface area contributed by atoms with E-state index < -0.39 is 42.6 Å². The summed E-state index contributed by atoms with van der Waals surface area (Å²) >= 11 is 0. The number of aromatic hydroxyl groups is 1. The largest absolute Gasteiger partial charge is 0.504 e. The molecular weight excluding hydrogens is 360 g/mol. The summed E-state index contributed by atoms with van der Waals surface area (Å²) in [5.41, 5.74) is 0.571. The average molecular weight is 382 g/mol. The van der Waals surface area contributed by atoms with E-state index in [0.29, 0.717) is 5.56 Å². The summed E-state index contributed by atoms with van der Waals surface area (Å²) in [4.78, 5) is 23.4. The lowest BCUT2D eigenvalue weighted by Gasteiger charge is -2.40. The summed E-state index contributed by atoms with van der Waals surface area (Å²) < 4.78 is 20.3. The summed E-state index contributed by atoms with van der Waals surface area (Å²) in [6.45, 7) is 2.65. The van der Waals surface area contributed by atoms with Crippen LogP contribution in [-0.4, -0.2) is 65.1 Å². The molecule has 1 heterocycles. The highest BCUT2D eigenvalue weighted by Crippen LogP contribution is 2.27. The minimum atomic E-state index is -1.57. The van der Waals surface area contributed by atoms with Gasteiger partial charge >= 0.3 is 11.9 Å². The number of esters is 2. The van der Waals surface area contributed by atoms with Gasteiger partial charge in [0.15, 0.2) is 30.0 Å². The molecule has 0 bridgehead atoms. The van der Waals surface area contributed by atoms with Crippen molar-refractivity contribution >= 4 is 18.0 Å². The van der Waals surface area contributed by atoms with E-state index in [-0.39, 0.29) is 11.5 Å². The molecule has 1 aliphatic heterocycles. The second-order valence-corrected chi connectivity index (χ2v) is 5.96. The predicted octanol–water partition coefficient (Wildman–Crippen LogP) is 0.355. The van der Waals surface area contributed by atoms with Crippen LogP contribution < -0.4 is 4.74 Å². The minimum absolute atomic E-state index is 0.0397. The number of hydrogen-bond acceptors (Lipinski definition) is 9. The number of hydrogen-bond donors (Lipinski definition) is 3. The lowest BCUT2D eigenvalue weighted by atomic mass is 9.99. The molecule has 0 aromatic heterocycles. The number of aliphatic hydroxyl groups excluding tert-OH is 2. The first-order chi connectivity index (χ1) is 12.7. The van der Waals surface area contributed by atoms with E-state index in [1.54, 1.807) is 6.07 Å². The van der Waals surface area contributed by atoms with Crippen molar-refractivity contribution in [3.8, 4) is 11.5 Å². The molecule has 9 nitrogen and oxygen atoms in total. The smallest absolute Gasteiger partial charge is 0.331 e. The molecule has 0 aliphatic carbocycles. The van der Waals surface area contributed by atoms with Gasteiger partial charge in [-0.3, -0.25) is 4.79 Å². The van der Waals surface area contributed by atoms with Crippen LogP contribution in [0.15, 0.2) is 24.3 Å². The Kier molecular flexibility index (Phi) is 6.78. The number of phenols is 1. The van der Waals surface area contributed by atoms with E-state index >= 15 is 0 Å². The fourth-order valence-electron chi connectivity index (χ4n) is 2.63. The van der Waals surface area contributed by atoms with Crippen LogP contribution in [0.25, 0.3) is 6.08 Å². The SMILES string of the molecule is COc1cc(/C=C/C(=O)O[C@@H]2[C@@H](OC(C)=O)[C@@H](O)[C@H](O)O[C@H]2C)ccc1O. The van der Waals surface area contributed by atoms with E-state index in [2.05, 4.69) is 0 Å². The van der Waals surface area contributed by atoms with E-state index in [1.807, 2.05) is 0 Å². The lowest BCUT2D eigenvalue weighted by molar-refractivity contribution is -0.283. The van der Waals surface area contributed by atoms with Gasteiger partial charge in [-0.25, -0.2) is 4.79 Å². The predicted molar refractivity (Wildman–Crippen MR) is 91.7 cm³/mol. The quantitative estimate of drug-likeness (QED) is 0.488. The molecule has 0 spiro atoms. The first-order valence-corrected chi connectivity index (χ1v) is 8.17. The Hall–Kier alpha value is -2.62. The van der Waals surface area contributed by atoms with Gasteiger partial charge in [0.25, 0.3) is 0 Å². The van der Waals surface area contributed by atoms with E-state index in [9.17, 15) is 24.9 Å². The highest BCUT2D eigenvalue weighted by Gasteiger charge is 2.47. The lowest BCUT2D eigenvalue weighted by Crippen LogP contribution is -2.59. The number of carbonyl (C=O) groups excluding carboxylic acids is 2. The van der Waals surface area contributed by atoms with Gasteiger partial charge in [0.1, 0.15) is 6.10 Å². The van der Waals surface area contributed by atoms with Crippen LogP contribution in [0.4, 0.5) is 0 Å². The molecule has 27 heavy (non-hydrogen) atoms. The Morgan fingerprint density at radius 2 is 1.89 bits per heavy atom. The molecule has 3 N–H and O–H groups in total. The third-order valence-electron chi connectivity index (χ3n) is 3.94. The van der Waals surface area contributed by atoms with Crippen molar-refractivity contribution < 1.29 is 43.9 Å². The number of aliphatic hydroxyl groups is 2. The van der Waals surface area contributed by atoms with Crippen molar-refractivity contribution in [2.75, 3.05) is 7.11 Å². The molecule has 1 fully saturated rings. The van der Waals surface area contributed by atoms with Gasteiger partial charge in [-0.15, -0.1) is 0 Å². The van der Waals surface area contributed by atoms with Crippen LogP contribution in [-0.2, 0) is 23.8 Å². The highest BCUT2D eigenvalue weighted by atomic mass is 16.7. The van der Waals surface area contributed by atoms with Crippen LogP contribution >= 0.6 is 0 Å². The summed E-state index contributed by atoms with van der Waals surface area (Å²) in [5.74, 6) is -1.27. The van der Waals surface area contributed by atoms with Gasteiger partial charge in [0, 0.05) is 13.0 Å². The number of rotatable bonds is 5. The topological polar surface area (TPSA) is 132 Å². The molecule has 0 unspecified atom stereocenters. The molecule has 0 amide bonds. The van der Waals surface area contributed by atoms with Gasteiger partial charge in [0.2, 0.25) is 0 Å². The molecule has 1 aliphatic rings. The highest BCUT2D eigenvalue weighted by molar-refractivity contribution is 5.87. The van der Waals surface area contributed by atoms with E-state index in [0.717, 1.165) is 13.0 Å². The average Bonchev–Trinajstić information content (AvgIpc) is 2.61. The Balaban J connectivity index is 2.10. The van der Waals surface area contributed by atoms with Crippen LogP contribution in [0.1, 0.15) is 19.4 Å². The first-order valence-electron chi connectivity index (χ1n) is 8.17. The molecule has 1 aromatic carbocycles. The maximum atomic E-state index is 12.1. The Labute approximate surface area is 155 Å². The van der Waals surface area contributed by atoms with Crippen LogP contribution in [0.3, 0.4) is 0 Å². The summed E-state index contributed by atoms with van der Waals surface area (Å²) in [6.07, 6.45) is -3.77. The normalized spacial score (nSPS) is 28.0. The number of methoxy groups -OCH3 is 1. The number of carbonyl (C=O) groups is 2. The van der Waals surface area contributed by atoms with Crippen molar-refractivity contribution in [1.29, 1.82) is 0 Å². The molecule has 148 valence electrons. The fourth-order valence-corrected chi connectivity index (χ4v) is 2.63. The van der Waals surface area contributed by atoms with Gasteiger partial charge < -0.3 is 34.3 Å². The number of benzene rings is 1. The second-order valence-electron chi connectivity index (χ2n) is 5.96. The summed E-state index contributed by atoms with van der Waals surface area (Å²) in [5, 5.41) is 29.2. The van der Waals surface area contributed by atoms with E-state index in [1.165, 1.54) is 32.2 Å². The first kappa shape index (κ1) is 20.7. The molecule has 1 aromatic rings. The van der Waals surface area contributed by atoms with Gasteiger partial charge in [-0.1, -0.05) is 6.07 Å². The molecule has 0 radical (unpaired) electrons. The monoisotopic (exact) mass is 382 g/mol. The third-order valence-corrected chi connectivity index (χ3v) is 3.94. The Morgan fingerprint density at radius 1 is 1.19 bits per heavy atom. The zero-order valence-corrected chi connectivity index (χ0v) is 15.1. The van der Waals surface area contributed by atoms with Gasteiger partial charge in [-0.2, -0.15) is 0 Å². The molecule has 2 rings (SSSR count). The molecule has 0 saturated carbocycles.